The molecule has 96 valence electrons. The fourth-order valence-electron chi connectivity index (χ4n) is 1.15. The molecule has 0 aliphatic heterocycles. The zero-order valence-electron chi connectivity index (χ0n) is 9.75. The number of aldehydes is 1. The molecule has 0 N–H and O–H groups in total. The lowest BCUT2D eigenvalue weighted by Gasteiger charge is -2.14. The Bertz CT molecular complexity index is 465. The van der Waals surface area contributed by atoms with E-state index in [1.807, 2.05) is 6.92 Å². The first-order valence-electron chi connectivity index (χ1n) is 5.11. The minimum Gasteiger partial charge on any atom is -0.440 e. The van der Waals surface area contributed by atoms with E-state index in [1.165, 1.54) is 19.2 Å². The van der Waals surface area contributed by atoms with Crippen LogP contribution in [0.15, 0.2) is 21.6 Å². The number of likely N-dealkylation sites (N-methyl/N-ethyl adjacent to an activating group) is 1. The summed E-state index contributed by atoms with van der Waals surface area (Å²) in [5.41, 5.74) is 0. The molecule has 0 amide bonds. The van der Waals surface area contributed by atoms with Crippen LogP contribution in [0.2, 0.25) is 0 Å². The second-order valence-corrected chi connectivity index (χ2v) is 5.27. The summed E-state index contributed by atoms with van der Waals surface area (Å²) < 4.78 is 34.9. The van der Waals surface area contributed by atoms with Crippen LogP contribution >= 0.6 is 0 Å². The fourth-order valence-corrected chi connectivity index (χ4v) is 2.21. The van der Waals surface area contributed by atoms with Gasteiger partial charge in [0, 0.05) is 20.2 Å². The first-order valence-corrected chi connectivity index (χ1v) is 6.55. The number of sulfonamides is 1. The molecule has 0 spiro atoms. The Hall–Kier alpha value is -1.18. The number of carbonyl (C=O) groups is 1. The van der Waals surface area contributed by atoms with Crippen molar-refractivity contribution in [3.63, 3.8) is 0 Å². The summed E-state index contributed by atoms with van der Waals surface area (Å²) in [6.45, 7) is 2.90. The van der Waals surface area contributed by atoms with E-state index in [9.17, 15) is 13.2 Å². The average molecular weight is 261 g/mol. The van der Waals surface area contributed by atoms with Gasteiger partial charge in [-0.1, -0.05) is 0 Å². The molecule has 0 aliphatic rings. The van der Waals surface area contributed by atoms with Crippen LogP contribution in [-0.2, 0) is 14.8 Å². The number of rotatable bonds is 7. The summed E-state index contributed by atoms with van der Waals surface area (Å²) in [6.07, 6.45) is 0.458. The molecule has 0 bridgehead atoms. The molecule has 0 saturated heterocycles. The quantitative estimate of drug-likeness (QED) is 0.534. The van der Waals surface area contributed by atoms with Gasteiger partial charge in [0.05, 0.1) is 6.61 Å². The van der Waals surface area contributed by atoms with Crippen molar-refractivity contribution in [1.82, 2.24) is 4.31 Å². The van der Waals surface area contributed by atoms with E-state index >= 15 is 0 Å². The molecule has 0 aliphatic carbocycles. The van der Waals surface area contributed by atoms with Gasteiger partial charge in [-0.2, -0.15) is 4.31 Å². The van der Waals surface area contributed by atoms with Crippen LogP contribution in [0.1, 0.15) is 17.5 Å². The van der Waals surface area contributed by atoms with Crippen LogP contribution in [0.25, 0.3) is 0 Å². The molecule has 0 aromatic carbocycles. The van der Waals surface area contributed by atoms with Gasteiger partial charge in [0.25, 0.3) is 10.0 Å². The smallest absolute Gasteiger partial charge is 0.276 e. The first-order chi connectivity index (χ1) is 8.02. The van der Waals surface area contributed by atoms with E-state index < -0.39 is 10.0 Å². The zero-order chi connectivity index (χ0) is 12.9. The highest BCUT2D eigenvalue weighted by molar-refractivity contribution is 7.89. The largest absolute Gasteiger partial charge is 0.440 e. The normalized spacial score (nSPS) is 11.9. The lowest BCUT2D eigenvalue weighted by atomic mass is 10.5. The molecule has 1 aromatic rings. The summed E-state index contributed by atoms with van der Waals surface area (Å²) in [5, 5.41) is -0.237. The predicted molar refractivity (Wildman–Crippen MR) is 60.4 cm³/mol. The number of hydrogen-bond acceptors (Lipinski definition) is 5. The Labute approximate surface area is 100 Å². The molecule has 1 rings (SSSR count). The van der Waals surface area contributed by atoms with Gasteiger partial charge < -0.3 is 9.15 Å². The first kappa shape index (κ1) is 13.9. The van der Waals surface area contributed by atoms with Crippen molar-refractivity contribution in [3.8, 4) is 0 Å². The van der Waals surface area contributed by atoms with E-state index in [0.29, 0.717) is 19.5 Å². The van der Waals surface area contributed by atoms with E-state index in [0.717, 1.165) is 4.31 Å². The van der Waals surface area contributed by atoms with Crippen LogP contribution in [0.5, 0.6) is 0 Å². The maximum Gasteiger partial charge on any atom is 0.276 e. The highest BCUT2D eigenvalue weighted by Crippen LogP contribution is 2.16. The third-order valence-corrected chi connectivity index (χ3v) is 3.87. The molecule has 0 unspecified atom stereocenters. The number of ether oxygens (including phenoxy) is 1. The summed E-state index contributed by atoms with van der Waals surface area (Å²) in [7, 11) is -2.25. The van der Waals surface area contributed by atoms with E-state index in [-0.39, 0.29) is 17.4 Å². The van der Waals surface area contributed by atoms with Gasteiger partial charge in [0.1, 0.15) is 0 Å². The molecule has 7 heteroatoms. The number of carbonyl (C=O) groups excluding carboxylic acids is 1. The van der Waals surface area contributed by atoms with Crippen LogP contribution < -0.4 is 0 Å². The number of hydrogen-bond donors (Lipinski definition) is 0. The van der Waals surface area contributed by atoms with Crippen LogP contribution in [0.3, 0.4) is 0 Å². The van der Waals surface area contributed by atoms with Gasteiger partial charge in [-0.15, -0.1) is 0 Å². The fraction of sp³-hybridized carbons (Fsp3) is 0.500. The summed E-state index contributed by atoms with van der Waals surface area (Å²) >= 11 is 0. The van der Waals surface area contributed by atoms with Gasteiger partial charge >= 0.3 is 0 Å². The monoisotopic (exact) mass is 261 g/mol. The third kappa shape index (κ3) is 3.39. The molecule has 1 aromatic heterocycles. The average Bonchev–Trinajstić information content (AvgIpc) is 2.78. The maximum atomic E-state index is 11.9. The molecule has 0 fully saturated rings. The zero-order valence-corrected chi connectivity index (χ0v) is 10.6. The standard InChI is InChI=1S/C10H15NO5S/c1-3-15-7-6-11(2)17(13,14)10-5-4-9(8-12)16-10/h4-5,8H,3,6-7H2,1-2H3. The van der Waals surface area contributed by atoms with Crippen LogP contribution in [0, 0.1) is 0 Å². The molecular formula is C10H15NO5S. The van der Waals surface area contributed by atoms with Crippen molar-refractivity contribution < 1.29 is 22.4 Å². The van der Waals surface area contributed by atoms with Gasteiger partial charge in [0.2, 0.25) is 5.09 Å². The highest BCUT2D eigenvalue weighted by atomic mass is 32.2. The second-order valence-electron chi connectivity index (χ2n) is 3.30. The van der Waals surface area contributed by atoms with Crippen molar-refractivity contribution in [1.29, 1.82) is 0 Å². The van der Waals surface area contributed by atoms with Crippen molar-refractivity contribution in [3.05, 3.63) is 17.9 Å². The Kier molecular flexibility index (Phi) is 4.86. The molecule has 1 heterocycles. The SMILES string of the molecule is CCOCCN(C)S(=O)(=O)c1ccc(C=O)o1. The topological polar surface area (TPSA) is 76.8 Å². The Morgan fingerprint density at radius 3 is 2.71 bits per heavy atom. The molecule has 0 radical (unpaired) electrons. The minimum absolute atomic E-state index is 0.0122. The predicted octanol–water partition coefficient (Wildman–Crippen LogP) is 0.749. The van der Waals surface area contributed by atoms with Crippen molar-refractivity contribution in [2.24, 2.45) is 0 Å². The van der Waals surface area contributed by atoms with Gasteiger partial charge in [-0.3, -0.25) is 4.79 Å². The molecule has 17 heavy (non-hydrogen) atoms. The summed E-state index contributed by atoms with van der Waals surface area (Å²) in [5.74, 6) is -0.0122. The van der Waals surface area contributed by atoms with Crippen molar-refractivity contribution in [2.45, 2.75) is 12.0 Å². The summed E-state index contributed by atoms with van der Waals surface area (Å²) in [4.78, 5) is 10.4. The third-order valence-electron chi connectivity index (χ3n) is 2.14. The maximum absolute atomic E-state index is 11.9. The molecule has 6 nitrogen and oxygen atoms in total. The lowest BCUT2D eigenvalue weighted by molar-refractivity contribution is 0.109. The van der Waals surface area contributed by atoms with Crippen LogP contribution in [-0.4, -0.2) is 45.8 Å². The Morgan fingerprint density at radius 2 is 2.18 bits per heavy atom. The van der Waals surface area contributed by atoms with E-state index in [4.69, 9.17) is 9.15 Å². The lowest BCUT2D eigenvalue weighted by Crippen LogP contribution is -2.30. The van der Waals surface area contributed by atoms with Gasteiger partial charge in [0.15, 0.2) is 12.0 Å². The Morgan fingerprint density at radius 1 is 1.47 bits per heavy atom. The second kappa shape index (κ2) is 5.95. The highest BCUT2D eigenvalue weighted by Gasteiger charge is 2.24. The Balaban J connectivity index is 2.76. The van der Waals surface area contributed by atoms with Crippen LogP contribution in [0.4, 0.5) is 0 Å². The van der Waals surface area contributed by atoms with Crippen molar-refractivity contribution >= 4 is 16.3 Å². The minimum atomic E-state index is -3.68. The van der Waals surface area contributed by atoms with E-state index in [2.05, 4.69) is 0 Å². The molecular weight excluding hydrogens is 246 g/mol. The van der Waals surface area contributed by atoms with Crippen molar-refractivity contribution in [2.75, 3.05) is 26.8 Å². The number of nitrogens with zero attached hydrogens (tertiary/aromatic N) is 1. The number of furan rings is 1. The molecule has 0 atom stereocenters. The summed E-state index contributed by atoms with van der Waals surface area (Å²) in [6, 6.07) is 2.58. The van der Waals surface area contributed by atoms with Gasteiger partial charge in [-0.05, 0) is 19.1 Å². The van der Waals surface area contributed by atoms with Gasteiger partial charge in [-0.25, -0.2) is 8.42 Å². The molecule has 0 saturated carbocycles. The van der Waals surface area contributed by atoms with E-state index in [1.54, 1.807) is 0 Å².